The number of unbranched alkanes of at least 4 members (excludes halogenated alkanes) is 12. The Morgan fingerprint density at radius 3 is 1.74 bits per heavy atom. The molecule has 0 aromatic carbocycles. The van der Waals surface area contributed by atoms with E-state index in [0.29, 0.717) is 13.0 Å². The Kier molecular flexibility index (Phi) is 17.0. The second-order valence-corrected chi connectivity index (χ2v) is 9.78. The highest BCUT2D eigenvalue weighted by molar-refractivity contribution is 4.86. The lowest BCUT2D eigenvalue weighted by Gasteiger charge is -2.23. The molecule has 3 N–H and O–H groups in total. The summed E-state index contributed by atoms with van der Waals surface area (Å²) in [5.41, 5.74) is 0. The van der Waals surface area contributed by atoms with E-state index in [1.165, 1.54) is 77.0 Å². The van der Waals surface area contributed by atoms with Crippen LogP contribution in [0, 0.1) is 11.8 Å². The molecule has 1 rings (SSSR count). The molecular formula is C26H52O5. The third kappa shape index (κ3) is 12.6. The fourth-order valence-corrected chi connectivity index (χ4v) is 4.59. The number of aliphatic hydroxyl groups excluding tert-OH is 3. The van der Waals surface area contributed by atoms with Crippen molar-refractivity contribution in [2.75, 3.05) is 13.2 Å². The summed E-state index contributed by atoms with van der Waals surface area (Å²) >= 11 is 0. The van der Waals surface area contributed by atoms with Gasteiger partial charge in [0.1, 0.15) is 6.10 Å². The molecular weight excluding hydrogens is 392 g/mol. The van der Waals surface area contributed by atoms with Crippen molar-refractivity contribution in [1.82, 2.24) is 0 Å². The summed E-state index contributed by atoms with van der Waals surface area (Å²) in [6.07, 6.45) is 16.6. The van der Waals surface area contributed by atoms with E-state index in [0.717, 1.165) is 12.8 Å². The minimum atomic E-state index is -1.00. The molecule has 1 heterocycles. The topological polar surface area (TPSA) is 79.2 Å². The van der Waals surface area contributed by atoms with Crippen LogP contribution in [0.4, 0.5) is 0 Å². The van der Waals surface area contributed by atoms with Gasteiger partial charge in [-0.2, -0.15) is 0 Å². The molecule has 6 unspecified atom stereocenters. The van der Waals surface area contributed by atoms with Gasteiger partial charge in [0.05, 0.1) is 25.4 Å². The molecule has 0 saturated carbocycles. The first-order chi connectivity index (χ1) is 15.0. The molecule has 0 aromatic heterocycles. The van der Waals surface area contributed by atoms with Crippen molar-refractivity contribution < 1.29 is 24.8 Å². The first-order valence-corrected chi connectivity index (χ1v) is 13.2. The molecule has 5 nitrogen and oxygen atoms in total. The minimum Gasteiger partial charge on any atom is -0.394 e. The Hall–Kier alpha value is -0.200. The Balaban J connectivity index is 1.91. The number of aliphatic hydroxyl groups is 3. The van der Waals surface area contributed by atoms with Crippen LogP contribution in [0.15, 0.2) is 0 Å². The molecule has 0 bridgehead atoms. The summed E-state index contributed by atoms with van der Waals surface area (Å²) in [6, 6.07) is 0. The van der Waals surface area contributed by atoms with Gasteiger partial charge in [0.2, 0.25) is 0 Å². The molecule has 5 heteroatoms. The lowest BCUT2D eigenvalue weighted by molar-refractivity contribution is -0.185. The molecule has 0 amide bonds. The van der Waals surface area contributed by atoms with Crippen molar-refractivity contribution in [3.63, 3.8) is 0 Å². The SMILES string of the molecule is CCCCCCCCCCCCCCCC(O)CCOC(O)C1OC(CO)C(C)C1C. The standard InChI is InChI=1S/C26H52O5/c1-4-5-6-7-8-9-10-11-12-13-14-15-16-17-23(28)18-19-30-26(29)25-22(3)21(2)24(20-27)31-25/h21-29H,4-20H2,1-3H3. The molecule has 0 aliphatic carbocycles. The quantitative estimate of drug-likeness (QED) is 0.169. The van der Waals surface area contributed by atoms with E-state index >= 15 is 0 Å². The third-order valence-corrected chi connectivity index (χ3v) is 7.11. The van der Waals surface area contributed by atoms with Crippen LogP contribution in [-0.4, -0.2) is 53.1 Å². The van der Waals surface area contributed by atoms with Crippen molar-refractivity contribution >= 4 is 0 Å². The van der Waals surface area contributed by atoms with E-state index < -0.39 is 12.4 Å². The summed E-state index contributed by atoms with van der Waals surface area (Å²) in [4.78, 5) is 0. The van der Waals surface area contributed by atoms with Gasteiger partial charge in [0.25, 0.3) is 0 Å². The van der Waals surface area contributed by atoms with E-state index in [4.69, 9.17) is 9.47 Å². The second kappa shape index (κ2) is 18.3. The molecule has 186 valence electrons. The average molecular weight is 445 g/mol. The highest BCUT2D eigenvalue weighted by Gasteiger charge is 2.42. The first-order valence-electron chi connectivity index (χ1n) is 13.2. The molecule has 1 aliphatic rings. The predicted octanol–water partition coefficient (Wildman–Crippen LogP) is 5.59. The maximum absolute atomic E-state index is 10.3. The smallest absolute Gasteiger partial charge is 0.181 e. The maximum Gasteiger partial charge on any atom is 0.181 e. The van der Waals surface area contributed by atoms with Crippen molar-refractivity contribution in [1.29, 1.82) is 0 Å². The molecule has 1 fully saturated rings. The first kappa shape index (κ1) is 28.8. The van der Waals surface area contributed by atoms with Gasteiger partial charge in [-0.25, -0.2) is 0 Å². The van der Waals surface area contributed by atoms with Gasteiger partial charge in [0.15, 0.2) is 6.29 Å². The average Bonchev–Trinajstić information content (AvgIpc) is 3.05. The number of ether oxygens (including phenoxy) is 2. The van der Waals surface area contributed by atoms with Crippen molar-refractivity contribution in [3.8, 4) is 0 Å². The monoisotopic (exact) mass is 444 g/mol. The zero-order valence-electron chi connectivity index (χ0n) is 20.6. The van der Waals surface area contributed by atoms with E-state index in [9.17, 15) is 15.3 Å². The van der Waals surface area contributed by atoms with Gasteiger partial charge in [-0.3, -0.25) is 0 Å². The molecule has 6 atom stereocenters. The molecule has 1 aliphatic heterocycles. The van der Waals surface area contributed by atoms with Gasteiger partial charge >= 0.3 is 0 Å². The van der Waals surface area contributed by atoms with Crippen LogP contribution in [-0.2, 0) is 9.47 Å². The Morgan fingerprint density at radius 2 is 1.26 bits per heavy atom. The largest absolute Gasteiger partial charge is 0.394 e. The van der Waals surface area contributed by atoms with Gasteiger partial charge in [-0.05, 0) is 24.7 Å². The Labute approximate surface area is 191 Å². The molecule has 0 radical (unpaired) electrons. The van der Waals surface area contributed by atoms with Crippen molar-refractivity contribution in [2.45, 2.75) is 142 Å². The van der Waals surface area contributed by atoms with Crippen LogP contribution < -0.4 is 0 Å². The van der Waals surface area contributed by atoms with Crippen LogP contribution in [0.2, 0.25) is 0 Å². The molecule has 0 spiro atoms. The van der Waals surface area contributed by atoms with Crippen LogP contribution in [0.3, 0.4) is 0 Å². The van der Waals surface area contributed by atoms with E-state index in [1.807, 2.05) is 13.8 Å². The van der Waals surface area contributed by atoms with Crippen LogP contribution in [0.25, 0.3) is 0 Å². The zero-order valence-corrected chi connectivity index (χ0v) is 20.6. The molecule has 31 heavy (non-hydrogen) atoms. The second-order valence-electron chi connectivity index (χ2n) is 9.78. The summed E-state index contributed by atoms with van der Waals surface area (Å²) in [5, 5.41) is 29.7. The van der Waals surface area contributed by atoms with E-state index in [1.54, 1.807) is 0 Å². The van der Waals surface area contributed by atoms with Gasteiger partial charge in [-0.15, -0.1) is 0 Å². The van der Waals surface area contributed by atoms with Gasteiger partial charge in [-0.1, -0.05) is 104 Å². The lowest BCUT2D eigenvalue weighted by atomic mass is 9.90. The third-order valence-electron chi connectivity index (χ3n) is 7.11. The summed E-state index contributed by atoms with van der Waals surface area (Å²) in [7, 11) is 0. The number of hydrogen-bond acceptors (Lipinski definition) is 5. The highest BCUT2D eigenvalue weighted by atomic mass is 16.6. The minimum absolute atomic E-state index is 0.0352. The van der Waals surface area contributed by atoms with Crippen molar-refractivity contribution in [3.05, 3.63) is 0 Å². The lowest BCUT2D eigenvalue weighted by Crippen LogP contribution is -2.34. The molecule has 0 aromatic rings. The van der Waals surface area contributed by atoms with Crippen LogP contribution >= 0.6 is 0 Å². The maximum atomic E-state index is 10.3. The normalized spacial score (nSPS) is 25.7. The van der Waals surface area contributed by atoms with Gasteiger partial charge in [0, 0.05) is 0 Å². The molecule has 1 saturated heterocycles. The number of rotatable bonds is 20. The van der Waals surface area contributed by atoms with Gasteiger partial charge < -0.3 is 24.8 Å². The fraction of sp³-hybridized carbons (Fsp3) is 1.00. The predicted molar refractivity (Wildman–Crippen MR) is 127 cm³/mol. The Bertz CT molecular complexity index is 405. The highest BCUT2D eigenvalue weighted by Crippen LogP contribution is 2.34. The summed E-state index contributed by atoms with van der Waals surface area (Å²) in [6.45, 7) is 6.60. The fourth-order valence-electron chi connectivity index (χ4n) is 4.59. The summed E-state index contributed by atoms with van der Waals surface area (Å²) in [5.74, 6) is 0.317. The van der Waals surface area contributed by atoms with Crippen molar-refractivity contribution in [2.24, 2.45) is 11.8 Å². The zero-order chi connectivity index (χ0) is 22.9. The van der Waals surface area contributed by atoms with E-state index in [-0.39, 0.29) is 30.7 Å². The van der Waals surface area contributed by atoms with Crippen LogP contribution in [0.1, 0.15) is 117 Å². The van der Waals surface area contributed by atoms with Crippen LogP contribution in [0.5, 0.6) is 0 Å². The van der Waals surface area contributed by atoms with E-state index in [2.05, 4.69) is 6.92 Å². The number of hydrogen-bond donors (Lipinski definition) is 3. The Morgan fingerprint density at radius 1 is 0.742 bits per heavy atom. The summed E-state index contributed by atoms with van der Waals surface area (Å²) < 4.78 is 11.2.